The van der Waals surface area contributed by atoms with Crippen LogP contribution in [-0.2, 0) is 0 Å². The van der Waals surface area contributed by atoms with E-state index < -0.39 is 0 Å². The van der Waals surface area contributed by atoms with E-state index in [9.17, 15) is 0 Å². The maximum absolute atomic E-state index is 5.92. The second kappa shape index (κ2) is 5.03. The van der Waals surface area contributed by atoms with Gasteiger partial charge in [0.05, 0.1) is 10.6 Å². The van der Waals surface area contributed by atoms with Crippen LogP contribution in [0.4, 0.5) is 5.82 Å². The number of nitrogens with one attached hydrogen (secondary N) is 1. The first kappa shape index (κ1) is 12.2. The lowest BCUT2D eigenvalue weighted by Crippen LogP contribution is -2.39. The van der Waals surface area contributed by atoms with E-state index in [1.165, 1.54) is 4.88 Å². The molecule has 0 atom stereocenters. The predicted octanol–water partition coefficient (Wildman–Crippen LogP) is 2.83. The number of anilines is 1. The van der Waals surface area contributed by atoms with Crippen LogP contribution < -0.4 is 10.6 Å². The summed E-state index contributed by atoms with van der Waals surface area (Å²) in [5.41, 5.74) is 6.99. The van der Waals surface area contributed by atoms with Crippen LogP contribution in [0.1, 0.15) is 12.8 Å². The number of thiophene rings is 1. The van der Waals surface area contributed by atoms with E-state index in [1.54, 1.807) is 11.3 Å². The third-order valence-corrected chi connectivity index (χ3v) is 4.99. The fourth-order valence-electron chi connectivity index (χ4n) is 2.18. The molecule has 0 saturated carbocycles. The highest BCUT2D eigenvalue weighted by Crippen LogP contribution is 2.30. The Kier molecular flexibility index (Phi) is 3.41. The number of piperidine rings is 1. The Morgan fingerprint density at radius 2 is 2.17 bits per heavy atom. The molecule has 4 nitrogen and oxygen atoms in total. The van der Waals surface area contributed by atoms with Crippen molar-refractivity contribution in [1.29, 1.82) is 0 Å². The Labute approximate surface area is 118 Å². The van der Waals surface area contributed by atoms with Crippen LogP contribution in [0.2, 0.25) is 0 Å². The minimum atomic E-state index is 0.355. The van der Waals surface area contributed by atoms with Crippen LogP contribution in [0.5, 0.6) is 0 Å². The van der Waals surface area contributed by atoms with Gasteiger partial charge in [0.25, 0.3) is 0 Å². The van der Waals surface area contributed by atoms with Crippen molar-refractivity contribution in [3.8, 4) is 10.6 Å². The number of halogens is 1. The predicted molar refractivity (Wildman–Crippen MR) is 79.0 cm³/mol. The number of hydrogen-bond donors (Lipinski definition) is 2. The molecule has 18 heavy (non-hydrogen) atoms. The van der Waals surface area contributed by atoms with Crippen LogP contribution in [0.15, 0.2) is 22.0 Å². The number of aromatic amines is 1. The minimum Gasteiger partial charge on any atom is -0.355 e. The third-order valence-electron chi connectivity index (χ3n) is 3.26. The maximum atomic E-state index is 5.92. The largest absolute Gasteiger partial charge is 0.355 e. The topological polar surface area (TPSA) is 57.9 Å². The van der Waals surface area contributed by atoms with Crippen molar-refractivity contribution in [3.05, 3.63) is 22.0 Å². The normalized spacial score (nSPS) is 17.3. The summed E-state index contributed by atoms with van der Waals surface area (Å²) in [6.07, 6.45) is 2.10. The smallest absolute Gasteiger partial charge is 0.151 e. The van der Waals surface area contributed by atoms with Gasteiger partial charge >= 0.3 is 0 Å². The van der Waals surface area contributed by atoms with Gasteiger partial charge in [-0.2, -0.15) is 5.10 Å². The van der Waals surface area contributed by atoms with Gasteiger partial charge < -0.3 is 10.6 Å². The molecule has 0 aliphatic carbocycles. The molecule has 3 rings (SSSR count). The first-order chi connectivity index (χ1) is 8.72. The van der Waals surface area contributed by atoms with Crippen LogP contribution in [-0.4, -0.2) is 29.3 Å². The van der Waals surface area contributed by atoms with Gasteiger partial charge in [-0.15, -0.1) is 11.3 Å². The summed E-state index contributed by atoms with van der Waals surface area (Å²) < 4.78 is 1.11. The third kappa shape index (κ3) is 2.46. The molecule has 96 valence electrons. The SMILES string of the molecule is NC1CCN(c2cc(-c3cc(Br)cs3)[nH]n2)CC1. The molecular weight excluding hydrogens is 312 g/mol. The summed E-state index contributed by atoms with van der Waals surface area (Å²) in [5, 5.41) is 9.59. The standard InChI is InChI=1S/C12H15BrN4S/c13-8-5-11(18-7-8)10-6-12(16-15-10)17-3-1-9(14)2-4-17/h5-7,9H,1-4,14H2,(H,15,16). The Morgan fingerprint density at radius 1 is 1.39 bits per heavy atom. The fraction of sp³-hybridized carbons (Fsp3) is 0.417. The van der Waals surface area contributed by atoms with Crippen molar-refractivity contribution in [1.82, 2.24) is 10.2 Å². The number of H-pyrrole nitrogens is 1. The molecular formula is C12H15BrN4S. The number of nitrogens with two attached hydrogens (primary N) is 1. The first-order valence-electron chi connectivity index (χ1n) is 6.03. The Hall–Kier alpha value is -0.850. The molecule has 0 amide bonds. The number of aromatic nitrogens is 2. The van der Waals surface area contributed by atoms with Gasteiger partial charge in [-0.3, -0.25) is 5.10 Å². The molecule has 1 aliphatic heterocycles. The van der Waals surface area contributed by atoms with E-state index in [2.05, 4.69) is 48.5 Å². The molecule has 6 heteroatoms. The lowest BCUT2D eigenvalue weighted by Gasteiger charge is -2.29. The van der Waals surface area contributed by atoms with Crippen molar-refractivity contribution >= 4 is 33.1 Å². The summed E-state index contributed by atoms with van der Waals surface area (Å²) in [6, 6.07) is 4.58. The maximum Gasteiger partial charge on any atom is 0.151 e. The molecule has 1 aliphatic rings. The summed E-state index contributed by atoms with van der Waals surface area (Å²) in [7, 11) is 0. The molecule has 3 heterocycles. The summed E-state index contributed by atoms with van der Waals surface area (Å²) in [4.78, 5) is 3.50. The molecule has 0 unspecified atom stereocenters. The molecule has 2 aromatic heterocycles. The van der Waals surface area contributed by atoms with Crippen molar-refractivity contribution in [3.63, 3.8) is 0 Å². The van der Waals surface area contributed by atoms with Crippen LogP contribution in [0.3, 0.4) is 0 Å². The molecule has 1 saturated heterocycles. The Balaban J connectivity index is 1.77. The van der Waals surface area contributed by atoms with Crippen LogP contribution in [0, 0.1) is 0 Å². The Morgan fingerprint density at radius 3 is 2.83 bits per heavy atom. The summed E-state index contributed by atoms with van der Waals surface area (Å²) >= 11 is 5.18. The fourth-order valence-corrected chi connectivity index (χ4v) is 3.58. The van der Waals surface area contributed by atoms with E-state index >= 15 is 0 Å². The minimum absolute atomic E-state index is 0.355. The molecule has 0 spiro atoms. The Bertz CT molecular complexity index is 528. The van der Waals surface area contributed by atoms with Crippen LogP contribution in [0.25, 0.3) is 10.6 Å². The van der Waals surface area contributed by atoms with Crippen molar-refractivity contribution in [2.75, 3.05) is 18.0 Å². The van der Waals surface area contributed by atoms with Gasteiger partial charge in [0.1, 0.15) is 0 Å². The number of rotatable bonds is 2. The van der Waals surface area contributed by atoms with E-state index in [-0.39, 0.29) is 0 Å². The monoisotopic (exact) mass is 326 g/mol. The highest BCUT2D eigenvalue weighted by atomic mass is 79.9. The van der Waals surface area contributed by atoms with Gasteiger partial charge in [0.2, 0.25) is 0 Å². The molecule has 0 radical (unpaired) electrons. The van der Waals surface area contributed by atoms with Gasteiger partial charge in [0.15, 0.2) is 5.82 Å². The molecule has 2 aromatic rings. The molecule has 0 bridgehead atoms. The zero-order valence-electron chi connectivity index (χ0n) is 9.90. The lowest BCUT2D eigenvalue weighted by molar-refractivity contribution is 0.498. The van der Waals surface area contributed by atoms with Gasteiger partial charge in [-0.05, 0) is 34.8 Å². The van der Waals surface area contributed by atoms with E-state index in [4.69, 9.17) is 5.73 Å². The van der Waals surface area contributed by atoms with E-state index in [0.717, 1.165) is 41.9 Å². The van der Waals surface area contributed by atoms with Crippen molar-refractivity contribution in [2.45, 2.75) is 18.9 Å². The quantitative estimate of drug-likeness (QED) is 0.892. The second-order valence-electron chi connectivity index (χ2n) is 4.59. The average Bonchev–Trinajstić information content (AvgIpc) is 2.98. The highest BCUT2D eigenvalue weighted by Gasteiger charge is 2.18. The first-order valence-corrected chi connectivity index (χ1v) is 7.70. The molecule has 0 aromatic carbocycles. The van der Waals surface area contributed by atoms with E-state index in [0.29, 0.717) is 6.04 Å². The summed E-state index contributed by atoms with van der Waals surface area (Å²) in [6.45, 7) is 2.00. The van der Waals surface area contributed by atoms with E-state index in [1.807, 2.05) is 0 Å². The zero-order chi connectivity index (χ0) is 12.5. The van der Waals surface area contributed by atoms with Gasteiger partial charge in [-0.1, -0.05) is 0 Å². The number of nitrogens with zero attached hydrogens (tertiary/aromatic N) is 2. The average molecular weight is 327 g/mol. The second-order valence-corrected chi connectivity index (χ2v) is 6.42. The zero-order valence-corrected chi connectivity index (χ0v) is 12.3. The summed E-state index contributed by atoms with van der Waals surface area (Å²) in [5.74, 6) is 1.03. The highest BCUT2D eigenvalue weighted by molar-refractivity contribution is 9.10. The molecule has 1 fully saturated rings. The van der Waals surface area contributed by atoms with Gasteiger partial charge in [-0.25, -0.2) is 0 Å². The van der Waals surface area contributed by atoms with Gasteiger partial charge in [0, 0.05) is 35.1 Å². The van der Waals surface area contributed by atoms with Crippen molar-refractivity contribution < 1.29 is 0 Å². The van der Waals surface area contributed by atoms with Crippen LogP contribution >= 0.6 is 27.3 Å². The van der Waals surface area contributed by atoms with Crippen molar-refractivity contribution in [2.24, 2.45) is 5.73 Å². The number of hydrogen-bond acceptors (Lipinski definition) is 4. The lowest BCUT2D eigenvalue weighted by atomic mass is 10.1. The molecule has 3 N–H and O–H groups in total.